The summed E-state index contributed by atoms with van der Waals surface area (Å²) in [5.74, 6) is -1.27. The summed E-state index contributed by atoms with van der Waals surface area (Å²) in [6, 6.07) is 5.70. The first-order valence-electron chi connectivity index (χ1n) is 22.9. The molecule has 1 aromatic carbocycles. The van der Waals surface area contributed by atoms with E-state index in [-0.39, 0.29) is 55.3 Å². The molecule has 3 N–H and O–H groups in total. The first-order valence-corrected chi connectivity index (χ1v) is 22.9. The number of benzene rings is 1. The van der Waals surface area contributed by atoms with Crippen LogP contribution >= 0.6 is 0 Å². The van der Waals surface area contributed by atoms with E-state index in [0.717, 1.165) is 31.2 Å². The van der Waals surface area contributed by atoms with Gasteiger partial charge >= 0.3 is 24.2 Å². The summed E-state index contributed by atoms with van der Waals surface area (Å²) in [4.78, 5) is 113. The van der Waals surface area contributed by atoms with E-state index < -0.39 is 59.5 Å². The van der Waals surface area contributed by atoms with Gasteiger partial charge < -0.3 is 29.9 Å². The SMILES string of the molecule is CC(C)(C)OC(=O)N1CCCC[C@H]1C(=O)CNC(=O)[C@@H]1CC[C@@H]2CN1C(=O)N2O.CC(C)(C)OC(=O)N1CCCC[C@H]1C(=O)CNC(=O)[C@@H]1CC[C@@H]2CN1C(=O)N2OCc1ccccc1. The summed E-state index contributed by atoms with van der Waals surface area (Å²) in [6.07, 6.45) is 5.38. The Morgan fingerprint density at radius 2 is 1.08 bits per heavy atom. The number of Topliss-reactive ketones (excluding diaryl/α,β-unsaturated/α-hetero) is 2. The maximum absolute atomic E-state index is 13.0. The number of fused-ring (bicyclic) bond motifs is 4. The third kappa shape index (κ3) is 12.2. The second-order valence-electron chi connectivity index (χ2n) is 19.5. The lowest BCUT2D eigenvalue weighted by molar-refractivity contribution is -0.140. The molecule has 65 heavy (non-hydrogen) atoms. The van der Waals surface area contributed by atoms with Crippen LogP contribution < -0.4 is 10.6 Å². The Labute approximate surface area is 380 Å². The molecule has 1 aromatic rings. The van der Waals surface area contributed by atoms with Crippen LogP contribution in [-0.2, 0) is 40.1 Å². The fourth-order valence-corrected chi connectivity index (χ4v) is 9.14. The smallest absolute Gasteiger partial charge is 0.410 e. The Hall–Kier alpha value is -5.50. The molecule has 6 heterocycles. The van der Waals surface area contributed by atoms with E-state index in [1.807, 2.05) is 30.3 Å². The van der Waals surface area contributed by atoms with Crippen LogP contribution in [0.3, 0.4) is 0 Å². The summed E-state index contributed by atoms with van der Waals surface area (Å²) in [5.41, 5.74) is -0.355. The van der Waals surface area contributed by atoms with Crippen molar-refractivity contribution >= 4 is 47.6 Å². The van der Waals surface area contributed by atoms with Crippen molar-refractivity contribution in [3.63, 3.8) is 0 Å². The van der Waals surface area contributed by atoms with E-state index in [4.69, 9.17) is 14.3 Å². The van der Waals surface area contributed by atoms with Gasteiger partial charge in [0.25, 0.3) is 0 Å². The van der Waals surface area contributed by atoms with Gasteiger partial charge in [0.05, 0.1) is 37.3 Å². The number of urea groups is 2. The van der Waals surface area contributed by atoms with Crippen molar-refractivity contribution in [3.05, 3.63) is 35.9 Å². The zero-order chi connectivity index (χ0) is 47.2. The van der Waals surface area contributed by atoms with Crippen molar-refractivity contribution in [2.75, 3.05) is 39.3 Å². The van der Waals surface area contributed by atoms with E-state index in [1.54, 1.807) is 41.5 Å². The van der Waals surface area contributed by atoms with Crippen molar-refractivity contribution in [1.29, 1.82) is 0 Å². The van der Waals surface area contributed by atoms with Crippen LogP contribution in [0.4, 0.5) is 19.2 Å². The number of nitrogens with one attached hydrogen (secondary N) is 2. The molecule has 0 aliphatic carbocycles. The van der Waals surface area contributed by atoms with Crippen molar-refractivity contribution < 1.29 is 57.9 Å². The largest absolute Gasteiger partial charge is 0.444 e. The summed E-state index contributed by atoms with van der Waals surface area (Å²) in [6.45, 7) is 12.1. The van der Waals surface area contributed by atoms with Gasteiger partial charge in [-0.05, 0) is 111 Å². The van der Waals surface area contributed by atoms with Gasteiger partial charge in [0.2, 0.25) is 11.8 Å². The molecule has 0 unspecified atom stereocenters. The molecule has 6 atom stereocenters. The van der Waals surface area contributed by atoms with E-state index in [0.29, 0.717) is 69.8 Å². The molecule has 6 aliphatic rings. The van der Waals surface area contributed by atoms with Crippen LogP contribution in [0, 0.1) is 0 Å². The Bertz CT molecular complexity index is 1940. The number of hydrogen-bond donors (Lipinski definition) is 3. The average Bonchev–Trinajstić information content (AvgIpc) is 3.64. The first-order chi connectivity index (χ1) is 30.7. The molecule has 6 fully saturated rings. The minimum Gasteiger partial charge on any atom is -0.444 e. The minimum absolute atomic E-state index is 0.100. The zero-order valence-electron chi connectivity index (χ0n) is 38.5. The Morgan fingerprint density at radius 3 is 1.57 bits per heavy atom. The highest BCUT2D eigenvalue weighted by molar-refractivity contribution is 5.95. The Balaban J connectivity index is 0.000000221. The standard InChI is InChI=1S/C26H36N4O6.C19H30N4O6/c1-26(2,3)36-25(34)28-14-8-7-11-20(28)22(31)15-27-23(32)21-13-12-19-16-29(21)24(33)30(19)35-17-18-9-5-4-6-10-18;1-19(2,3)29-18(27)21-9-5-4-6-13(21)15(24)10-20-16(25)14-8-7-12-11-22(14)17(26)23(12)28/h4-6,9-10,19-21H,7-8,11-17H2,1-3H3,(H,27,32);12-14,28H,4-11H2,1-3H3,(H,20,25)/t19-,20+,21+;12-,13+,14+/m11/s1. The molecule has 6 aliphatic heterocycles. The highest BCUT2D eigenvalue weighted by atomic mass is 16.7. The topological polar surface area (TPSA) is 228 Å². The molecule has 8 amide bonds. The average molecular weight is 911 g/mol. The van der Waals surface area contributed by atoms with E-state index in [2.05, 4.69) is 10.6 Å². The molecule has 7 rings (SSSR count). The predicted octanol–water partition coefficient (Wildman–Crippen LogP) is 3.98. The van der Waals surface area contributed by atoms with E-state index >= 15 is 0 Å². The van der Waals surface area contributed by atoms with Crippen LogP contribution in [-0.4, -0.2) is 169 Å². The summed E-state index contributed by atoms with van der Waals surface area (Å²) < 4.78 is 10.9. The van der Waals surface area contributed by atoms with E-state index in [9.17, 15) is 43.6 Å². The minimum atomic E-state index is -0.697. The summed E-state index contributed by atoms with van der Waals surface area (Å²) >= 11 is 0. The molecule has 0 saturated carbocycles. The fraction of sp³-hybridized carbons (Fsp3) is 0.689. The van der Waals surface area contributed by atoms with Crippen LogP contribution in [0.25, 0.3) is 0 Å². The highest BCUT2D eigenvalue weighted by Gasteiger charge is 2.49. The number of nitrogens with zero attached hydrogens (tertiary/aromatic N) is 6. The second-order valence-corrected chi connectivity index (χ2v) is 19.5. The molecular formula is C45H66N8O12. The molecule has 20 nitrogen and oxygen atoms in total. The van der Waals surface area contributed by atoms with Crippen molar-refractivity contribution in [3.8, 4) is 0 Å². The monoisotopic (exact) mass is 910 g/mol. The van der Waals surface area contributed by atoms with E-state index in [1.165, 1.54) is 24.7 Å². The Kier molecular flexibility index (Phi) is 15.6. The van der Waals surface area contributed by atoms with Gasteiger partial charge in [-0.25, -0.2) is 24.2 Å². The normalized spacial score (nSPS) is 25.4. The number of piperidine rings is 4. The van der Waals surface area contributed by atoms with Crippen LogP contribution in [0.2, 0.25) is 0 Å². The maximum Gasteiger partial charge on any atom is 0.410 e. The molecule has 0 radical (unpaired) electrons. The van der Waals surface area contributed by atoms with Gasteiger partial charge in [-0.2, -0.15) is 5.06 Å². The molecule has 358 valence electrons. The van der Waals surface area contributed by atoms with Gasteiger partial charge in [-0.15, -0.1) is 0 Å². The van der Waals surface area contributed by atoms with Gasteiger partial charge in [-0.1, -0.05) is 30.3 Å². The third-order valence-electron chi connectivity index (χ3n) is 12.4. The van der Waals surface area contributed by atoms with Gasteiger partial charge in [-0.3, -0.25) is 39.0 Å². The lowest BCUT2D eigenvalue weighted by Crippen LogP contribution is -2.54. The summed E-state index contributed by atoms with van der Waals surface area (Å²) in [5, 5.41) is 17.1. The zero-order valence-corrected chi connectivity index (χ0v) is 38.5. The number of rotatable bonds is 11. The van der Waals surface area contributed by atoms with Gasteiger partial charge in [0.1, 0.15) is 29.9 Å². The molecule has 0 spiro atoms. The molecule has 0 aromatic heterocycles. The van der Waals surface area contributed by atoms with Gasteiger partial charge in [0.15, 0.2) is 11.6 Å². The molecule has 6 saturated heterocycles. The van der Waals surface area contributed by atoms with Crippen molar-refractivity contribution in [1.82, 2.24) is 40.4 Å². The number of likely N-dealkylation sites (tertiary alicyclic amines) is 2. The van der Waals surface area contributed by atoms with Crippen molar-refractivity contribution in [2.24, 2.45) is 0 Å². The number of hydrogen-bond acceptors (Lipinski definition) is 12. The molecule has 4 bridgehead atoms. The third-order valence-corrected chi connectivity index (χ3v) is 12.4. The second kappa shape index (κ2) is 20.8. The molecule has 20 heteroatoms. The number of carbonyl (C=O) groups is 8. The highest BCUT2D eigenvalue weighted by Crippen LogP contribution is 2.32. The fourth-order valence-electron chi connectivity index (χ4n) is 9.14. The van der Waals surface area contributed by atoms with Crippen LogP contribution in [0.5, 0.6) is 0 Å². The number of carbonyl (C=O) groups excluding carboxylic acids is 8. The number of ketones is 2. The number of ether oxygens (including phenoxy) is 2. The van der Waals surface area contributed by atoms with Crippen LogP contribution in [0.15, 0.2) is 30.3 Å². The summed E-state index contributed by atoms with van der Waals surface area (Å²) in [7, 11) is 0. The maximum atomic E-state index is 13.0. The lowest BCUT2D eigenvalue weighted by Gasteiger charge is -2.36. The predicted molar refractivity (Wildman–Crippen MR) is 232 cm³/mol. The van der Waals surface area contributed by atoms with Crippen LogP contribution in [0.1, 0.15) is 111 Å². The van der Waals surface area contributed by atoms with Crippen molar-refractivity contribution in [2.45, 2.75) is 160 Å². The Morgan fingerprint density at radius 1 is 0.615 bits per heavy atom. The van der Waals surface area contributed by atoms with Gasteiger partial charge in [0, 0.05) is 26.2 Å². The first kappa shape index (κ1) is 48.9. The molecular weight excluding hydrogens is 845 g/mol. The number of amides is 8. The number of hydroxylamine groups is 4. The quantitative estimate of drug-likeness (QED) is 0.268. The lowest BCUT2D eigenvalue weighted by atomic mass is 9.98.